The highest BCUT2D eigenvalue weighted by Gasteiger charge is 2.13. The van der Waals surface area contributed by atoms with Crippen molar-refractivity contribution in [3.8, 4) is 17.1 Å². The van der Waals surface area contributed by atoms with Crippen LogP contribution in [-0.2, 0) is 6.42 Å². The second kappa shape index (κ2) is 8.97. The molecule has 2 N–H and O–H groups in total. The lowest BCUT2D eigenvalue weighted by molar-refractivity contribution is 0.415. The van der Waals surface area contributed by atoms with Gasteiger partial charge in [-0.05, 0) is 31.4 Å². The van der Waals surface area contributed by atoms with E-state index in [1.807, 2.05) is 12.3 Å². The van der Waals surface area contributed by atoms with Crippen molar-refractivity contribution in [3.63, 3.8) is 0 Å². The Morgan fingerprint density at radius 3 is 2.50 bits per heavy atom. The van der Waals surface area contributed by atoms with Crippen LogP contribution in [0.15, 0.2) is 23.2 Å². The average Bonchev–Trinajstić information content (AvgIpc) is 3.13. The molecule has 0 unspecified atom stereocenters. The topological polar surface area (TPSA) is 53.2 Å². The molecule has 1 saturated carbocycles. The first kappa shape index (κ1) is 18.7. The van der Waals surface area contributed by atoms with Crippen LogP contribution in [-0.4, -0.2) is 29.3 Å². The van der Waals surface area contributed by atoms with Gasteiger partial charge in [0, 0.05) is 18.0 Å². The van der Waals surface area contributed by atoms with E-state index < -0.39 is 0 Å². The Balaban J connectivity index is 0.00000208. The number of aromatic nitrogens is 2. The number of nitrogens with zero attached hydrogens (tertiary/aromatic N) is 1. The van der Waals surface area contributed by atoms with Gasteiger partial charge in [0.2, 0.25) is 0 Å². The normalized spacial score (nSPS) is 16.1. The van der Waals surface area contributed by atoms with Gasteiger partial charge in [-0.15, -0.1) is 12.4 Å². The van der Waals surface area contributed by atoms with Crippen LogP contribution in [0.5, 0.6) is 5.75 Å². The van der Waals surface area contributed by atoms with E-state index in [1.165, 1.54) is 44.2 Å². The van der Waals surface area contributed by atoms with Crippen molar-refractivity contribution in [1.29, 1.82) is 0 Å². The Kier molecular flexibility index (Phi) is 6.98. The lowest BCUT2D eigenvalue weighted by Gasteiger charge is -2.07. The highest BCUT2D eigenvalue weighted by atomic mass is 35.5. The van der Waals surface area contributed by atoms with Crippen molar-refractivity contribution in [2.24, 2.45) is 4.99 Å². The largest absolute Gasteiger partial charge is 0.494 e. The molecule has 0 atom stereocenters. The SMILES string of the molecule is CCc1ccc(-c2cc(OC)c(C=NC3CCCCCC3)[nH]2)[nH]1.Cl. The Labute approximate surface area is 150 Å². The summed E-state index contributed by atoms with van der Waals surface area (Å²) in [4.78, 5) is 11.7. The number of nitrogens with one attached hydrogen (secondary N) is 2. The Morgan fingerprint density at radius 2 is 1.88 bits per heavy atom. The summed E-state index contributed by atoms with van der Waals surface area (Å²) < 4.78 is 5.51. The molecule has 0 bridgehead atoms. The summed E-state index contributed by atoms with van der Waals surface area (Å²) >= 11 is 0. The number of H-pyrrole nitrogens is 2. The Bertz CT molecular complexity index is 651. The second-order valence-corrected chi connectivity index (χ2v) is 6.34. The summed E-state index contributed by atoms with van der Waals surface area (Å²) in [6.45, 7) is 2.15. The Hall–Kier alpha value is -1.68. The van der Waals surface area contributed by atoms with Crippen molar-refractivity contribution in [2.75, 3.05) is 7.11 Å². The van der Waals surface area contributed by atoms with Crippen molar-refractivity contribution < 1.29 is 4.74 Å². The van der Waals surface area contributed by atoms with Crippen LogP contribution in [0.25, 0.3) is 11.4 Å². The predicted molar refractivity (Wildman–Crippen MR) is 103 cm³/mol. The van der Waals surface area contributed by atoms with Crippen LogP contribution in [0.3, 0.4) is 0 Å². The maximum Gasteiger partial charge on any atom is 0.146 e. The van der Waals surface area contributed by atoms with Crippen LogP contribution in [0.1, 0.15) is 56.8 Å². The van der Waals surface area contributed by atoms with Gasteiger partial charge >= 0.3 is 0 Å². The molecule has 0 amide bonds. The third-order valence-corrected chi connectivity index (χ3v) is 4.69. The number of methoxy groups -OCH3 is 1. The van der Waals surface area contributed by atoms with Crippen LogP contribution >= 0.6 is 12.4 Å². The molecule has 1 aliphatic carbocycles. The minimum Gasteiger partial charge on any atom is -0.494 e. The number of ether oxygens (including phenoxy) is 1. The van der Waals surface area contributed by atoms with E-state index in [2.05, 4.69) is 29.0 Å². The van der Waals surface area contributed by atoms with Gasteiger partial charge in [0.05, 0.1) is 30.2 Å². The number of hydrogen-bond donors (Lipinski definition) is 2. The van der Waals surface area contributed by atoms with E-state index in [0.29, 0.717) is 6.04 Å². The van der Waals surface area contributed by atoms with Gasteiger partial charge in [-0.2, -0.15) is 0 Å². The van der Waals surface area contributed by atoms with E-state index in [-0.39, 0.29) is 12.4 Å². The first-order valence-corrected chi connectivity index (χ1v) is 8.78. The number of aromatic amines is 2. The minimum absolute atomic E-state index is 0. The van der Waals surface area contributed by atoms with E-state index in [0.717, 1.165) is 29.3 Å². The first-order chi connectivity index (χ1) is 11.3. The predicted octanol–water partition coefficient (Wildman–Crippen LogP) is 5.14. The molecular weight excluding hydrogens is 322 g/mol. The van der Waals surface area contributed by atoms with Crippen LogP contribution in [0.2, 0.25) is 0 Å². The van der Waals surface area contributed by atoms with E-state index in [9.17, 15) is 0 Å². The molecule has 0 spiro atoms. The molecular formula is C19H28ClN3O. The maximum atomic E-state index is 5.51. The summed E-state index contributed by atoms with van der Waals surface area (Å²) in [7, 11) is 1.71. The molecule has 0 radical (unpaired) electrons. The first-order valence-electron chi connectivity index (χ1n) is 8.78. The standard InChI is InChI=1S/C19H27N3O.ClH/c1-3-14-10-11-16(21-14)17-12-19(23-2)18(22-17)13-20-15-8-6-4-5-7-9-15;/h10-13,15,21-22H,3-9H2,1-2H3;1H. The van der Waals surface area contributed by atoms with E-state index in [1.54, 1.807) is 7.11 Å². The number of rotatable bonds is 5. The summed E-state index contributed by atoms with van der Waals surface area (Å²) in [5, 5.41) is 0. The van der Waals surface area contributed by atoms with Crippen molar-refractivity contribution >= 4 is 18.6 Å². The molecule has 4 nitrogen and oxygen atoms in total. The fourth-order valence-corrected chi connectivity index (χ4v) is 3.25. The highest BCUT2D eigenvalue weighted by molar-refractivity contribution is 5.85. The fourth-order valence-electron chi connectivity index (χ4n) is 3.25. The number of halogens is 1. The van der Waals surface area contributed by atoms with Gasteiger partial charge in [-0.25, -0.2) is 0 Å². The summed E-state index contributed by atoms with van der Waals surface area (Å²) in [5.74, 6) is 0.852. The third-order valence-electron chi connectivity index (χ3n) is 4.69. The third kappa shape index (κ3) is 4.44. The molecule has 1 aliphatic rings. The molecule has 2 aromatic rings. The molecule has 132 valence electrons. The average molecular weight is 350 g/mol. The van der Waals surface area contributed by atoms with Gasteiger partial charge in [-0.3, -0.25) is 4.99 Å². The summed E-state index contributed by atoms with van der Waals surface area (Å²) in [5.41, 5.74) is 4.33. The molecule has 2 aromatic heterocycles. The smallest absolute Gasteiger partial charge is 0.146 e. The van der Waals surface area contributed by atoms with Crippen LogP contribution < -0.4 is 4.74 Å². The molecule has 5 heteroatoms. The van der Waals surface area contributed by atoms with Crippen LogP contribution in [0.4, 0.5) is 0 Å². The molecule has 24 heavy (non-hydrogen) atoms. The van der Waals surface area contributed by atoms with Crippen molar-refractivity contribution in [2.45, 2.75) is 57.9 Å². The zero-order chi connectivity index (χ0) is 16.1. The molecule has 3 rings (SSSR count). The quantitative estimate of drug-likeness (QED) is 0.569. The second-order valence-electron chi connectivity index (χ2n) is 6.34. The van der Waals surface area contributed by atoms with Gasteiger partial charge in [0.15, 0.2) is 0 Å². The zero-order valence-corrected chi connectivity index (χ0v) is 15.4. The van der Waals surface area contributed by atoms with Gasteiger partial charge < -0.3 is 14.7 Å². The number of aryl methyl sites for hydroxylation is 1. The van der Waals surface area contributed by atoms with Gasteiger partial charge in [0.25, 0.3) is 0 Å². The maximum absolute atomic E-state index is 5.51. The molecule has 0 aliphatic heterocycles. The summed E-state index contributed by atoms with van der Waals surface area (Å²) in [6, 6.07) is 6.74. The van der Waals surface area contributed by atoms with E-state index in [4.69, 9.17) is 9.73 Å². The molecule has 0 saturated heterocycles. The fraction of sp³-hybridized carbons (Fsp3) is 0.526. The van der Waals surface area contributed by atoms with E-state index >= 15 is 0 Å². The Morgan fingerprint density at radius 1 is 1.12 bits per heavy atom. The molecule has 0 aromatic carbocycles. The highest BCUT2D eigenvalue weighted by Crippen LogP contribution is 2.26. The zero-order valence-electron chi connectivity index (χ0n) is 14.6. The van der Waals surface area contributed by atoms with Crippen molar-refractivity contribution in [3.05, 3.63) is 29.6 Å². The lowest BCUT2D eigenvalue weighted by Crippen LogP contribution is -2.03. The summed E-state index contributed by atoms with van der Waals surface area (Å²) in [6.07, 6.45) is 10.7. The van der Waals surface area contributed by atoms with Gasteiger partial charge in [0.1, 0.15) is 5.75 Å². The van der Waals surface area contributed by atoms with Crippen LogP contribution in [0, 0.1) is 0 Å². The monoisotopic (exact) mass is 349 g/mol. The lowest BCUT2D eigenvalue weighted by atomic mass is 10.1. The molecule has 1 fully saturated rings. The number of hydrogen-bond acceptors (Lipinski definition) is 2. The van der Waals surface area contributed by atoms with Crippen molar-refractivity contribution in [1.82, 2.24) is 9.97 Å². The minimum atomic E-state index is 0. The molecule has 2 heterocycles. The number of aliphatic imine (C=N–C) groups is 1. The van der Waals surface area contributed by atoms with Gasteiger partial charge in [-0.1, -0.05) is 32.6 Å².